The number of pyridine rings is 1. The van der Waals surface area contributed by atoms with Gasteiger partial charge in [-0.3, -0.25) is 9.59 Å². The second kappa shape index (κ2) is 9.55. The molecule has 2 fully saturated rings. The van der Waals surface area contributed by atoms with Crippen LogP contribution in [0.4, 0.5) is 0 Å². The Balaban J connectivity index is 1.65. The van der Waals surface area contributed by atoms with Crippen LogP contribution in [0.5, 0.6) is 0 Å². The Labute approximate surface area is 166 Å². The molecule has 2 aliphatic rings. The second-order valence-corrected chi connectivity index (χ2v) is 8.77. The van der Waals surface area contributed by atoms with Crippen LogP contribution in [0.1, 0.15) is 43.0 Å². The predicted molar refractivity (Wildman–Crippen MR) is 108 cm³/mol. The SMILES string of the molecule is CNCC1CCN(C(=O)c2cccnc2SC(C)C(=O)N2CCCC2)CC1. The molecule has 2 amide bonds. The minimum Gasteiger partial charge on any atom is -0.342 e. The van der Waals surface area contributed by atoms with Crippen molar-refractivity contribution in [2.75, 3.05) is 39.8 Å². The Hall–Kier alpha value is -1.60. The molecule has 0 aliphatic carbocycles. The van der Waals surface area contributed by atoms with Crippen LogP contribution in [0, 0.1) is 5.92 Å². The molecule has 2 aliphatic heterocycles. The number of hydrogen-bond acceptors (Lipinski definition) is 5. The van der Waals surface area contributed by atoms with Gasteiger partial charge in [0.15, 0.2) is 0 Å². The first-order valence-corrected chi connectivity index (χ1v) is 10.8. The zero-order valence-electron chi connectivity index (χ0n) is 16.3. The van der Waals surface area contributed by atoms with E-state index in [0.717, 1.165) is 58.4 Å². The summed E-state index contributed by atoms with van der Waals surface area (Å²) in [5.74, 6) is 0.823. The van der Waals surface area contributed by atoms with Crippen LogP contribution in [0.15, 0.2) is 23.4 Å². The fourth-order valence-electron chi connectivity index (χ4n) is 3.86. The van der Waals surface area contributed by atoms with Crippen LogP contribution in [-0.4, -0.2) is 71.6 Å². The van der Waals surface area contributed by atoms with Crippen LogP contribution in [0.25, 0.3) is 0 Å². The van der Waals surface area contributed by atoms with Gasteiger partial charge >= 0.3 is 0 Å². The van der Waals surface area contributed by atoms with E-state index in [1.807, 2.05) is 29.8 Å². The van der Waals surface area contributed by atoms with Crippen LogP contribution >= 0.6 is 11.8 Å². The zero-order chi connectivity index (χ0) is 19.2. The van der Waals surface area contributed by atoms with E-state index in [1.165, 1.54) is 11.8 Å². The third-order valence-electron chi connectivity index (χ3n) is 5.45. The molecule has 2 saturated heterocycles. The van der Waals surface area contributed by atoms with Crippen molar-refractivity contribution >= 4 is 23.6 Å². The molecule has 1 atom stereocenters. The lowest BCUT2D eigenvalue weighted by molar-refractivity contribution is -0.129. The highest BCUT2D eigenvalue weighted by atomic mass is 32.2. The fraction of sp³-hybridized carbons (Fsp3) is 0.650. The van der Waals surface area contributed by atoms with Gasteiger partial charge in [0.2, 0.25) is 5.91 Å². The highest BCUT2D eigenvalue weighted by molar-refractivity contribution is 8.00. The number of aromatic nitrogens is 1. The van der Waals surface area contributed by atoms with E-state index in [9.17, 15) is 9.59 Å². The molecule has 27 heavy (non-hydrogen) atoms. The highest BCUT2D eigenvalue weighted by Gasteiger charge is 2.28. The largest absolute Gasteiger partial charge is 0.342 e. The standard InChI is InChI=1S/C20H30N4O2S/c1-15(19(25)23-10-3-4-11-23)27-18-17(6-5-9-22-18)20(26)24-12-7-16(8-13-24)14-21-2/h5-6,9,15-16,21H,3-4,7-8,10-14H2,1-2H3. The van der Waals surface area contributed by atoms with E-state index < -0.39 is 0 Å². The van der Waals surface area contributed by atoms with E-state index in [2.05, 4.69) is 10.3 Å². The normalized spacial score (nSPS) is 19.3. The first kappa shape index (κ1) is 20.1. The monoisotopic (exact) mass is 390 g/mol. The lowest BCUT2D eigenvalue weighted by Gasteiger charge is -2.32. The molecule has 1 N–H and O–H groups in total. The van der Waals surface area contributed by atoms with E-state index in [-0.39, 0.29) is 17.1 Å². The Morgan fingerprint density at radius 3 is 2.59 bits per heavy atom. The summed E-state index contributed by atoms with van der Waals surface area (Å²) >= 11 is 1.41. The van der Waals surface area contributed by atoms with Gasteiger partial charge in [0, 0.05) is 32.4 Å². The van der Waals surface area contributed by atoms with Crippen LogP contribution < -0.4 is 5.32 Å². The van der Waals surface area contributed by atoms with Gasteiger partial charge in [-0.1, -0.05) is 11.8 Å². The maximum absolute atomic E-state index is 13.1. The van der Waals surface area contributed by atoms with E-state index in [1.54, 1.807) is 12.3 Å². The van der Waals surface area contributed by atoms with Crippen molar-refractivity contribution < 1.29 is 9.59 Å². The average Bonchev–Trinajstić information content (AvgIpc) is 3.23. The predicted octanol–water partition coefficient (Wildman–Crippen LogP) is 2.26. The number of nitrogens with zero attached hydrogens (tertiary/aromatic N) is 3. The Kier molecular flexibility index (Phi) is 7.13. The number of amides is 2. The molecule has 1 aromatic heterocycles. The van der Waals surface area contributed by atoms with Gasteiger partial charge in [0.25, 0.3) is 5.91 Å². The smallest absolute Gasteiger partial charge is 0.256 e. The lowest BCUT2D eigenvalue weighted by atomic mass is 9.96. The van der Waals surface area contributed by atoms with Crippen LogP contribution in [0.2, 0.25) is 0 Å². The minimum atomic E-state index is -0.231. The molecule has 1 unspecified atom stereocenters. The Morgan fingerprint density at radius 1 is 1.22 bits per heavy atom. The van der Waals surface area contributed by atoms with Crippen molar-refractivity contribution in [3.63, 3.8) is 0 Å². The number of thioether (sulfide) groups is 1. The third kappa shape index (κ3) is 5.02. The molecular weight excluding hydrogens is 360 g/mol. The summed E-state index contributed by atoms with van der Waals surface area (Å²) in [4.78, 5) is 33.9. The maximum Gasteiger partial charge on any atom is 0.256 e. The highest BCUT2D eigenvalue weighted by Crippen LogP contribution is 2.28. The molecule has 0 saturated carbocycles. The average molecular weight is 391 g/mol. The van der Waals surface area contributed by atoms with Gasteiger partial charge in [0.05, 0.1) is 10.8 Å². The molecule has 0 bridgehead atoms. The van der Waals surface area contributed by atoms with Crippen LogP contribution in [0.3, 0.4) is 0 Å². The molecule has 3 rings (SSSR count). The number of carbonyl (C=O) groups excluding carboxylic acids is 2. The lowest BCUT2D eigenvalue weighted by Crippen LogP contribution is -2.40. The molecule has 7 heteroatoms. The molecule has 0 radical (unpaired) electrons. The van der Waals surface area contributed by atoms with Crippen LogP contribution in [-0.2, 0) is 4.79 Å². The summed E-state index contributed by atoms with van der Waals surface area (Å²) < 4.78 is 0. The first-order valence-electron chi connectivity index (χ1n) is 9.94. The second-order valence-electron chi connectivity index (χ2n) is 7.44. The maximum atomic E-state index is 13.1. The van der Waals surface area contributed by atoms with Crippen molar-refractivity contribution in [3.05, 3.63) is 23.9 Å². The molecule has 6 nitrogen and oxygen atoms in total. The molecule has 0 spiro atoms. The summed E-state index contributed by atoms with van der Waals surface area (Å²) in [5, 5.41) is 3.66. The molecule has 0 aromatic carbocycles. The minimum absolute atomic E-state index is 0.0364. The van der Waals surface area contributed by atoms with E-state index in [0.29, 0.717) is 16.5 Å². The van der Waals surface area contributed by atoms with Gasteiger partial charge in [-0.15, -0.1) is 0 Å². The van der Waals surface area contributed by atoms with Gasteiger partial charge < -0.3 is 15.1 Å². The van der Waals surface area contributed by atoms with Crippen molar-refractivity contribution in [2.24, 2.45) is 5.92 Å². The van der Waals surface area contributed by atoms with Crippen molar-refractivity contribution in [1.82, 2.24) is 20.1 Å². The van der Waals surface area contributed by atoms with Crippen molar-refractivity contribution in [2.45, 2.75) is 42.9 Å². The van der Waals surface area contributed by atoms with E-state index >= 15 is 0 Å². The summed E-state index contributed by atoms with van der Waals surface area (Å²) in [7, 11) is 1.97. The number of likely N-dealkylation sites (tertiary alicyclic amines) is 2. The number of nitrogens with one attached hydrogen (secondary N) is 1. The van der Waals surface area contributed by atoms with Gasteiger partial charge in [0.1, 0.15) is 5.03 Å². The zero-order valence-corrected chi connectivity index (χ0v) is 17.1. The number of rotatable bonds is 6. The quantitative estimate of drug-likeness (QED) is 0.755. The number of carbonyl (C=O) groups is 2. The molecule has 3 heterocycles. The molecule has 148 valence electrons. The number of piperidine rings is 1. The molecule has 1 aromatic rings. The Bertz CT molecular complexity index is 655. The fourth-order valence-corrected chi connectivity index (χ4v) is 4.85. The van der Waals surface area contributed by atoms with Crippen molar-refractivity contribution in [3.8, 4) is 0 Å². The van der Waals surface area contributed by atoms with Gasteiger partial charge in [-0.25, -0.2) is 4.98 Å². The van der Waals surface area contributed by atoms with Crippen molar-refractivity contribution in [1.29, 1.82) is 0 Å². The van der Waals surface area contributed by atoms with E-state index in [4.69, 9.17) is 0 Å². The Morgan fingerprint density at radius 2 is 1.93 bits per heavy atom. The topological polar surface area (TPSA) is 65.5 Å². The molecular formula is C20H30N4O2S. The summed E-state index contributed by atoms with van der Waals surface area (Å²) in [6.07, 6.45) is 5.92. The number of hydrogen-bond donors (Lipinski definition) is 1. The van der Waals surface area contributed by atoms with Gasteiger partial charge in [-0.2, -0.15) is 0 Å². The summed E-state index contributed by atoms with van der Waals surface area (Å²) in [6, 6.07) is 3.64. The summed E-state index contributed by atoms with van der Waals surface area (Å²) in [6.45, 7) is 6.18. The first-order chi connectivity index (χ1) is 13.1. The summed E-state index contributed by atoms with van der Waals surface area (Å²) in [5.41, 5.74) is 0.621. The van der Waals surface area contributed by atoms with Gasteiger partial charge in [-0.05, 0) is 64.3 Å². The third-order valence-corrected chi connectivity index (χ3v) is 6.55.